The van der Waals surface area contributed by atoms with Gasteiger partial charge in [0.05, 0.1) is 7.11 Å². The maximum absolute atomic E-state index is 13.0. The van der Waals surface area contributed by atoms with Gasteiger partial charge in [-0.15, -0.1) is 12.4 Å². The molecule has 0 radical (unpaired) electrons. The highest BCUT2D eigenvalue weighted by Gasteiger charge is 2.33. The van der Waals surface area contributed by atoms with Crippen molar-refractivity contribution in [2.75, 3.05) is 13.7 Å². The number of methoxy groups -OCH3 is 1. The molecule has 6 heteroatoms. The van der Waals surface area contributed by atoms with Crippen LogP contribution in [0.1, 0.15) is 23.4 Å². The Hall–Kier alpha value is -2.50. The van der Waals surface area contributed by atoms with Gasteiger partial charge in [0, 0.05) is 29.6 Å². The number of fused-ring (bicyclic) bond motifs is 1. The van der Waals surface area contributed by atoms with Gasteiger partial charge in [0.2, 0.25) is 5.76 Å². The number of rotatable bonds is 6. The Morgan fingerprint density at radius 1 is 1.26 bits per heavy atom. The number of carbonyl (C=O) groups is 1. The van der Waals surface area contributed by atoms with E-state index in [1.54, 1.807) is 13.2 Å². The topological polar surface area (TPSA) is 77.5 Å². The number of hydrogen-bond donors (Lipinski definition) is 2. The van der Waals surface area contributed by atoms with Crippen LogP contribution in [0.25, 0.3) is 22.1 Å². The number of halogens is 1. The molecule has 0 spiro atoms. The summed E-state index contributed by atoms with van der Waals surface area (Å²) in [6.07, 6.45) is 2.23. The third-order valence-electron chi connectivity index (χ3n) is 4.93. The molecule has 27 heavy (non-hydrogen) atoms. The molecule has 1 aromatic heterocycles. The maximum atomic E-state index is 13.0. The predicted octanol–water partition coefficient (Wildman–Crippen LogP) is 4.00. The van der Waals surface area contributed by atoms with Gasteiger partial charge in [-0.1, -0.05) is 30.3 Å². The number of nitrogens with one attached hydrogen (secondary N) is 1. The van der Waals surface area contributed by atoms with Gasteiger partial charge in [0.25, 0.3) is 5.91 Å². The van der Waals surface area contributed by atoms with Gasteiger partial charge in [0.15, 0.2) is 0 Å². The highest BCUT2D eigenvalue weighted by Crippen LogP contribution is 2.37. The summed E-state index contributed by atoms with van der Waals surface area (Å²) in [7, 11) is 1.61. The normalized spacial score (nSPS) is 14.4. The van der Waals surface area contributed by atoms with Crippen molar-refractivity contribution in [2.24, 2.45) is 11.7 Å². The zero-order chi connectivity index (χ0) is 18.1. The first-order valence-corrected chi connectivity index (χ1v) is 8.88. The van der Waals surface area contributed by atoms with Crippen molar-refractivity contribution < 1.29 is 13.9 Å². The molecule has 0 saturated heterocycles. The third-order valence-corrected chi connectivity index (χ3v) is 4.93. The Morgan fingerprint density at radius 2 is 2.00 bits per heavy atom. The molecular weight excluding hydrogens is 364 g/mol. The molecule has 0 aliphatic heterocycles. The molecule has 1 atom stereocenters. The van der Waals surface area contributed by atoms with Crippen LogP contribution in [0.4, 0.5) is 0 Å². The van der Waals surface area contributed by atoms with Crippen LogP contribution < -0.4 is 15.8 Å². The van der Waals surface area contributed by atoms with Crippen LogP contribution in [-0.4, -0.2) is 25.6 Å². The van der Waals surface area contributed by atoms with E-state index in [2.05, 4.69) is 5.32 Å². The molecule has 5 nitrogen and oxygen atoms in total. The van der Waals surface area contributed by atoms with Crippen molar-refractivity contribution in [3.05, 3.63) is 54.3 Å². The lowest BCUT2D eigenvalue weighted by Crippen LogP contribution is -2.41. The molecule has 142 valence electrons. The summed E-state index contributed by atoms with van der Waals surface area (Å²) in [6.45, 7) is 0.436. The summed E-state index contributed by atoms with van der Waals surface area (Å²) in [6, 6.07) is 15.4. The molecular formula is C21H23ClN2O3. The van der Waals surface area contributed by atoms with Crippen LogP contribution in [0.15, 0.2) is 52.9 Å². The van der Waals surface area contributed by atoms with E-state index in [1.165, 1.54) is 0 Å². The van der Waals surface area contributed by atoms with Gasteiger partial charge in [0.1, 0.15) is 11.3 Å². The summed E-state index contributed by atoms with van der Waals surface area (Å²) >= 11 is 0. The Kier molecular flexibility index (Phi) is 5.73. The van der Waals surface area contributed by atoms with Crippen molar-refractivity contribution in [3.63, 3.8) is 0 Å². The molecule has 1 heterocycles. The average Bonchev–Trinajstić information content (AvgIpc) is 3.45. The molecule has 3 N–H and O–H groups in total. The van der Waals surface area contributed by atoms with E-state index < -0.39 is 0 Å². The first-order valence-electron chi connectivity index (χ1n) is 8.88. The molecule has 3 aromatic rings. The van der Waals surface area contributed by atoms with Crippen LogP contribution in [0.3, 0.4) is 0 Å². The minimum Gasteiger partial charge on any atom is -0.497 e. The average molecular weight is 387 g/mol. The molecule has 1 fully saturated rings. The number of benzene rings is 2. The van der Waals surface area contributed by atoms with Crippen LogP contribution >= 0.6 is 12.4 Å². The molecule has 1 amide bonds. The van der Waals surface area contributed by atoms with E-state index in [9.17, 15) is 4.79 Å². The second-order valence-electron chi connectivity index (χ2n) is 6.69. The molecule has 2 aromatic carbocycles. The van der Waals surface area contributed by atoms with Gasteiger partial charge in [-0.05, 0) is 36.5 Å². The zero-order valence-electron chi connectivity index (χ0n) is 15.1. The number of hydrogen-bond acceptors (Lipinski definition) is 4. The first-order chi connectivity index (χ1) is 12.7. The second-order valence-corrected chi connectivity index (χ2v) is 6.69. The number of ether oxygens (including phenoxy) is 1. The summed E-state index contributed by atoms with van der Waals surface area (Å²) < 4.78 is 11.3. The minimum atomic E-state index is -0.221. The molecule has 4 rings (SSSR count). The zero-order valence-corrected chi connectivity index (χ0v) is 15.9. The fourth-order valence-corrected chi connectivity index (χ4v) is 3.36. The van der Waals surface area contributed by atoms with Crippen LogP contribution in [0.5, 0.6) is 5.75 Å². The maximum Gasteiger partial charge on any atom is 0.287 e. The Bertz CT molecular complexity index is 935. The van der Waals surface area contributed by atoms with Crippen molar-refractivity contribution in [2.45, 2.75) is 18.9 Å². The first kappa shape index (κ1) is 19.3. The van der Waals surface area contributed by atoms with E-state index >= 15 is 0 Å². The predicted molar refractivity (Wildman–Crippen MR) is 108 cm³/mol. The van der Waals surface area contributed by atoms with Crippen molar-refractivity contribution in [1.29, 1.82) is 0 Å². The minimum absolute atomic E-state index is 0. The Labute approximate surface area is 164 Å². The number of carbonyl (C=O) groups excluding carboxylic acids is 1. The van der Waals surface area contributed by atoms with Crippen molar-refractivity contribution in [3.8, 4) is 16.9 Å². The number of furan rings is 1. The smallest absolute Gasteiger partial charge is 0.287 e. The fourth-order valence-electron chi connectivity index (χ4n) is 3.36. The third kappa shape index (κ3) is 3.80. The summed E-state index contributed by atoms with van der Waals surface area (Å²) in [5.74, 6) is 1.27. The largest absolute Gasteiger partial charge is 0.497 e. The molecule has 1 aliphatic carbocycles. The summed E-state index contributed by atoms with van der Waals surface area (Å²) in [5.41, 5.74) is 8.21. The summed E-state index contributed by atoms with van der Waals surface area (Å²) in [5, 5.41) is 3.94. The molecule has 1 aliphatic rings. The standard InChI is InChI=1S/C21H22N2O3.ClH/c1-25-15-9-10-16-18(11-15)26-20(19(16)14-5-3-2-4-6-14)21(24)23-17(12-22)13-7-8-13;/h2-6,9-11,13,17H,7-8,12,22H2,1H3,(H,23,24);1H. The Balaban J connectivity index is 0.00000210. The van der Waals surface area contributed by atoms with E-state index in [0.29, 0.717) is 29.6 Å². The van der Waals surface area contributed by atoms with Crippen molar-refractivity contribution >= 4 is 29.3 Å². The number of amides is 1. The van der Waals surface area contributed by atoms with Gasteiger partial charge in [-0.3, -0.25) is 4.79 Å². The van der Waals surface area contributed by atoms with Crippen LogP contribution in [-0.2, 0) is 0 Å². The lowest BCUT2D eigenvalue weighted by molar-refractivity contribution is 0.0908. The lowest BCUT2D eigenvalue weighted by Gasteiger charge is -2.15. The molecule has 0 bridgehead atoms. The van der Waals surface area contributed by atoms with E-state index in [0.717, 1.165) is 29.4 Å². The van der Waals surface area contributed by atoms with Crippen molar-refractivity contribution in [1.82, 2.24) is 5.32 Å². The molecule has 1 saturated carbocycles. The van der Waals surface area contributed by atoms with Gasteiger partial charge >= 0.3 is 0 Å². The fraction of sp³-hybridized carbons (Fsp3) is 0.286. The van der Waals surface area contributed by atoms with Gasteiger partial charge in [-0.25, -0.2) is 0 Å². The van der Waals surface area contributed by atoms with Crippen LogP contribution in [0, 0.1) is 5.92 Å². The Morgan fingerprint density at radius 3 is 2.63 bits per heavy atom. The summed E-state index contributed by atoms with van der Waals surface area (Å²) in [4.78, 5) is 13.0. The van der Waals surface area contributed by atoms with Crippen LogP contribution in [0.2, 0.25) is 0 Å². The van der Waals surface area contributed by atoms with Gasteiger partial charge < -0.3 is 20.2 Å². The van der Waals surface area contributed by atoms with E-state index in [1.807, 2.05) is 42.5 Å². The monoisotopic (exact) mass is 386 g/mol. The SMILES string of the molecule is COc1ccc2c(-c3ccccc3)c(C(=O)NC(CN)C3CC3)oc2c1.Cl. The van der Waals surface area contributed by atoms with Gasteiger partial charge in [-0.2, -0.15) is 0 Å². The second kappa shape index (κ2) is 8.03. The highest BCUT2D eigenvalue weighted by molar-refractivity contribution is 6.08. The number of nitrogens with two attached hydrogens (primary N) is 1. The highest BCUT2D eigenvalue weighted by atomic mass is 35.5. The van der Waals surface area contributed by atoms with E-state index in [-0.39, 0.29) is 24.4 Å². The van der Waals surface area contributed by atoms with E-state index in [4.69, 9.17) is 14.9 Å². The molecule has 1 unspecified atom stereocenters. The lowest BCUT2D eigenvalue weighted by atomic mass is 10.0. The quantitative estimate of drug-likeness (QED) is 0.671.